The van der Waals surface area contributed by atoms with E-state index in [0.29, 0.717) is 6.10 Å². The van der Waals surface area contributed by atoms with E-state index in [0.717, 1.165) is 62.8 Å². The number of piperidine rings is 1. The maximum atomic E-state index is 12.4. The topological polar surface area (TPSA) is 74.2 Å². The minimum atomic E-state index is -4.12. The number of unbranched alkanes of at least 4 members (excludes halogenated alkanes) is 9. The van der Waals surface area contributed by atoms with Crippen LogP contribution in [0.5, 0.6) is 0 Å². The Morgan fingerprint density at radius 1 is 0.833 bits per heavy atom. The molecule has 214 valence electrons. The van der Waals surface area contributed by atoms with Crippen molar-refractivity contribution < 1.29 is 32.5 Å². The second kappa shape index (κ2) is 18.3. The number of phosphoric ester groups is 1. The number of rotatable bonds is 20. The summed E-state index contributed by atoms with van der Waals surface area (Å²) < 4.78 is 35.8. The Hall–Kier alpha value is -0.0100. The lowest BCUT2D eigenvalue weighted by atomic mass is 9.95. The van der Waals surface area contributed by atoms with Crippen LogP contribution in [0.1, 0.15) is 123 Å². The molecule has 1 saturated carbocycles. The van der Waals surface area contributed by atoms with E-state index in [2.05, 4.69) is 14.0 Å². The Kier molecular flexibility index (Phi) is 16.4. The van der Waals surface area contributed by atoms with Crippen molar-refractivity contribution in [3.63, 3.8) is 0 Å². The Bertz CT molecular complexity index is 593. The van der Waals surface area contributed by atoms with Crippen molar-refractivity contribution in [1.82, 2.24) is 0 Å². The van der Waals surface area contributed by atoms with Crippen LogP contribution in [-0.2, 0) is 23.1 Å². The third kappa shape index (κ3) is 14.8. The molecule has 7 nitrogen and oxygen atoms in total. The van der Waals surface area contributed by atoms with Crippen LogP contribution in [0.4, 0.5) is 0 Å². The van der Waals surface area contributed by atoms with E-state index in [1.54, 1.807) is 6.92 Å². The molecule has 0 aromatic rings. The molecule has 0 spiro atoms. The first-order chi connectivity index (χ1) is 17.3. The highest BCUT2D eigenvalue weighted by Gasteiger charge is 2.31. The average Bonchev–Trinajstić information content (AvgIpc) is 2.83. The van der Waals surface area contributed by atoms with Gasteiger partial charge in [-0.3, -0.25) is 9.05 Å². The van der Waals surface area contributed by atoms with Gasteiger partial charge in [-0.15, -0.1) is 0 Å². The smallest absolute Gasteiger partial charge is 0.378 e. The van der Waals surface area contributed by atoms with Crippen molar-refractivity contribution in [3.8, 4) is 0 Å². The lowest BCUT2D eigenvalue weighted by molar-refractivity contribution is -0.914. The Morgan fingerprint density at radius 3 is 2.00 bits per heavy atom. The van der Waals surface area contributed by atoms with Gasteiger partial charge in [0.15, 0.2) is 6.29 Å². The minimum Gasteiger partial charge on any atom is -0.378 e. The summed E-state index contributed by atoms with van der Waals surface area (Å²) in [4.78, 5) is 10.1. The van der Waals surface area contributed by atoms with Crippen molar-refractivity contribution in [1.29, 1.82) is 0 Å². The van der Waals surface area contributed by atoms with Gasteiger partial charge >= 0.3 is 7.82 Å². The molecule has 2 aliphatic rings. The van der Waals surface area contributed by atoms with E-state index in [1.807, 2.05) is 0 Å². The number of phosphoric acid groups is 1. The molecule has 1 aliphatic carbocycles. The zero-order valence-electron chi connectivity index (χ0n) is 23.7. The van der Waals surface area contributed by atoms with Gasteiger partial charge in [-0.25, -0.2) is 4.57 Å². The van der Waals surface area contributed by atoms with E-state index in [1.165, 1.54) is 77.0 Å². The second-order valence-electron chi connectivity index (χ2n) is 11.4. The van der Waals surface area contributed by atoms with Crippen LogP contribution in [0.15, 0.2) is 0 Å². The monoisotopic (exact) mass is 534 g/mol. The molecular weight excluding hydrogens is 477 g/mol. The van der Waals surface area contributed by atoms with Crippen LogP contribution < -0.4 is 0 Å². The number of likely N-dealkylation sites (tertiary alicyclic amines) is 1. The first-order valence-electron chi connectivity index (χ1n) is 15.1. The Morgan fingerprint density at radius 2 is 1.39 bits per heavy atom. The predicted molar refractivity (Wildman–Crippen MR) is 146 cm³/mol. The van der Waals surface area contributed by atoms with Crippen molar-refractivity contribution >= 4 is 7.82 Å². The molecule has 1 N–H and O–H groups in total. The zero-order valence-corrected chi connectivity index (χ0v) is 24.6. The number of hydrogen-bond donors (Lipinski definition) is 1. The highest BCUT2D eigenvalue weighted by atomic mass is 31.2. The summed E-state index contributed by atoms with van der Waals surface area (Å²) in [7, 11) is -1.93. The minimum absolute atomic E-state index is 0.0370. The lowest BCUT2D eigenvalue weighted by Crippen LogP contribution is -2.49. The van der Waals surface area contributed by atoms with Gasteiger partial charge in [0.2, 0.25) is 0 Å². The first kappa shape index (κ1) is 32.2. The zero-order chi connectivity index (χ0) is 26.1. The molecule has 0 aromatic carbocycles. The van der Waals surface area contributed by atoms with Crippen molar-refractivity contribution in [2.75, 3.05) is 39.9 Å². The summed E-state index contributed by atoms with van der Waals surface area (Å²) in [6, 6.07) is 0. The summed E-state index contributed by atoms with van der Waals surface area (Å²) in [5.41, 5.74) is 0. The highest BCUT2D eigenvalue weighted by Crippen LogP contribution is 2.45. The SMILES string of the molecule is CCCCCCCCCCCCOC1CCC(OC(C)OP(=O)(O)OCC[N+]2(C)CCCCC2)CC1. The summed E-state index contributed by atoms with van der Waals surface area (Å²) in [5.74, 6) is 0. The van der Waals surface area contributed by atoms with Crippen molar-refractivity contribution in [3.05, 3.63) is 0 Å². The number of ether oxygens (including phenoxy) is 2. The van der Waals surface area contributed by atoms with Gasteiger partial charge in [-0.1, -0.05) is 64.7 Å². The quantitative estimate of drug-likeness (QED) is 0.0761. The molecule has 0 radical (unpaired) electrons. The number of quaternary nitrogens is 1. The number of hydrogen-bond acceptors (Lipinski definition) is 5. The molecule has 2 unspecified atom stereocenters. The molecule has 0 amide bonds. The average molecular weight is 535 g/mol. The van der Waals surface area contributed by atoms with Gasteiger partial charge in [0.25, 0.3) is 0 Å². The Labute approximate surface area is 221 Å². The predicted octanol–water partition coefficient (Wildman–Crippen LogP) is 7.36. The van der Waals surface area contributed by atoms with Gasteiger partial charge in [0, 0.05) is 6.61 Å². The molecule has 8 heteroatoms. The van der Waals surface area contributed by atoms with E-state index < -0.39 is 14.1 Å². The third-order valence-corrected chi connectivity index (χ3v) is 8.99. The van der Waals surface area contributed by atoms with Gasteiger partial charge in [-0.2, -0.15) is 0 Å². The maximum Gasteiger partial charge on any atom is 0.474 e. The molecule has 2 fully saturated rings. The van der Waals surface area contributed by atoms with Crippen LogP contribution in [0.3, 0.4) is 0 Å². The molecule has 0 aromatic heterocycles. The van der Waals surface area contributed by atoms with Crippen LogP contribution >= 0.6 is 7.82 Å². The fourth-order valence-electron chi connectivity index (χ4n) is 5.56. The van der Waals surface area contributed by atoms with Gasteiger partial charge in [0.1, 0.15) is 13.2 Å². The second-order valence-corrected chi connectivity index (χ2v) is 12.8. The Balaban J connectivity index is 1.46. The highest BCUT2D eigenvalue weighted by molar-refractivity contribution is 7.47. The molecule has 2 atom stereocenters. The van der Waals surface area contributed by atoms with Gasteiger partial charge in [0.05, 0.1) is 32.3 Å². The molecule has 0 bridgehead atoms. The van der Waals surface area contributed by atoms with Crippen LogP contribution in [0.2, 0.25) is 0 Å². The standard InChI is InChI=1S/C28H56NO6P/c1-4-5-6-7-8-9-10-11-12-16-24-32-27-17-19-28(20-18-27)34-26(2)35-36(30,31)33-25-23-29(3)21-14-13-15-22-29/h26-28H,4-25H2,1-3H3/p+1. The summed E-state index contributed by atoms with van der Waals surface area (Å²) in [6.07, 6.45) is 20.4. The summed E-state index contributed by atoms with van der Waals surface area (Å²) >= 11 is 0. The summed E-state index contributed by atoms with van der Waals surface area (Å²) in [6.45, 7) is 7.96. The number of likely N-dealkylation sites (N-methyl/N-ethyl adjacent to an activating group) is 1. The van der Waals surface area contributed by atoms with E-state index in [-0.39, 0.29) is 12.7 Å². The summed E-state index contributed by atoms with van der Waals surface area (Å²) in [5, 5.41) is 0. The lowest BCUT2D eigenvalue weighted by Gasteiger charge is -2.37. The van der Waals surface area contributed by atoms with Crippen molar-refractivity contribution in [2.45, 2.75) is 141 Å². The maximum absolute atomic E-state index is 12.4. The van der Waals surface area contributed by atoms with Gasteiger partial charge in [-0.05, 0) is 58.3 Å². The molecule has 1 saturated heterocycles. The molecule has 2 rings (SSSR count). The van der Waals surface area contributed by atoms with E-state index in [4.69, 9.17) is 18.5 Å². The fourth-order valence-corrected chi connectivity index (χ4v) is 6.36. The molecule has 36 heavy (non-hydrogen) atoms. The molecule has 1 aliphatic heterocycles. The van der Waals surface area contributed by atoms with Crippen LogP contribution in [0, 0.1) is 0 Å². The molecule has 1 heterocycles. The van der Waals surface area contributed by atoms with Gasteiger partial charge < -0.3 is 18.9 Å². The normalized spacial score (nSPS) is 24.9. The number of nitrogens with zero attached hydrogens (tertiary/aromatic N) is 1. The van der Waals surface area contributed by atoms with Crippen LogP contribution in [-0.4, -0.2) is 67.8 Å². The molecular formula is C28H57NO6P+. The largest absolute Gasteiger partial charge is 0.474 e. The van der Waals surface area contributed by atoms with Crippen molar-refractivity contribution in [2.24, 2.45) is 0 Å². The first-order valence-corrected chi connectivity index (χ1v) is 16.6. The van der Waals surface area contributed by atoms with Crippen LogP contribution in [0.25, 0.3) is 0 Å². The fraction of sp³-hybridized carbons (Fsp3) is 1.00. The van der Waals surface area contributed by atoms with E-state index in [9.17, 15) is 9.46 Å². The van der Waals surface area contributed by atoms with E-state index >= 15 is 0 Å². The third-order valence-electron chi connectivity index (χ3n) is 7.92.